The number of aryl methyl sites for hydroxylation is 1. The third-order valence-corrected chi connectivity index (χ3v) is 5.78. The van der Waals surface area contributed by atoms with Crippen molar-refractivity contribution >= 4 is 33.2 Å². The van der Waals surface area contributed by atoms with E-state index in [-0.39, 0.29) is 11.8 Å². The number of rotatable bonds is 4. The highest BCUT2D eigenvalue weighted by Gasteiger charge is 2.34. The van der Waals surface area contributed by atoms with Gasteiger partial charge in [0.15, 0.2) is 0 Å². The van der Waals surface area contributed by atoms with E-state index in [1.807, 2.05) is 31.2 Å². The molecule has 0 bridgehead atoms. The fraction of sp³-hybridized carbons (Fsp3) is 0.250. The Bertz CT molecular complexity index is 982. The molecule has 1 saturated heterocycles. The second-order valence-corrected chi connectivity index (χ2v) is 7.47. The first-order valence-corrected chi connectivity index (χ1v) is 9.46. The molecule has 1 aromatic carbocycles. The molecule has 2 unspecified atom stereocenters. The van der Waals surface area contributed by atoms with E-state index in [9.17, 15) is 9.59 Å². The number of nitrogens with one attached hydrogen (secondary N) is 2. The van der Waals surface area contributed by atoms with Crippen molar-refractivity contribution in [2.75, 3.05) is 0 Å². The first-order valence-electron chi connectivity index (χ1n) is 8.58. The number of carbonyl (C=O) groups is 2. The van der Waals surface area contributed by atoms with Crippen LogP contribution in [0.2, 0.25) is 0 Å². The minimum atomic E-state index is -0.577. The van der Waals surface area contributed by atoms with Crippen LogP contribution in [-0.4, -0.2) is 28.9 Å². The summed E-state index contributed by atoms with van der Waals surface area (Å²) >= 11 is 1.66. The summed E-state index contributed by atoms with van der Waals surface area (Å²) in [6.45, 7) is 1.95. The minimum Gasteiger partial charge on any atom is -0.342 e. The van der Waals surface area contributed by atoms with Gasteiger partial charge in [0.1, 0.15) is 12.1 Å². The Kier molecular flexibility index (Phi) is 4.42. The number of piperazine rings is 1. The number of hydrogen-bond acceptors (Lipinski definition) is 4. The second kappa shape index (κ2) is 6.88. The maximum atomic E-state index is 12.5. The van der Waals surface area contributed by atoms with Crippen LogP contribution in [0.4, 0.5) is 0 Å². The van der Waals surface area contributed by atoms with Crippen molar-refractivity contribution in [1.82, 2.24) is 15.6 Å². The van der Waals surface area contributed by atoms with E-state index in [4.69, 9.17) is 0 Å². The molecule has 3 aromatic rings. The molecule has 6 heteroatoms. The third-order valence-electron chi connectivity index (χ3n) is 4.77. The van der Waals surface area contributed by atoms with Gasteiger partial charge in [-0.2, -0.15) is 0 Å². The van der Waals surface area contributed by atoms with Gasteiger partial charge in [0.25, 0.3) is 0 Å². The number of thiophene rings is 1. The molecule has 1 aliphatic heterocycles. The molecule has 2 aromatic heterocycles. The van der Waals surface area contributed by atoms with Crippen molar-refractivity contribution in [2.24, 2.45) is 0 Å². The lowest BCUT2D eigenvalue weighted by Gasteiger charge is -2.29. The first-order chi connectivity index (χ1) is 12.6. The summed E-state index contributed by atoms with van der Waals surface area (Å²) in [7, 11) is 0. The largest absolute Gasteiger partial charge is 0.342 e. The number of benzene rings is 1. The van der Waals surface area contributed by atoms with Gasteiger partial charge in [0.05, 0.1) is 0 Å². The van der Waals surface area contributed by atoms with Crippen molar-refractivity contribution in [2.45, 2.75) is 31.8 Å². The number of hydrogen-bond donors (Lipinski definition) is 2. The molecule has 2 amide bonds. The minimum absolute atomic E-state index is 0.140. The summed E-state index contributed by atoms with van der Waals surface area (Å²) in [5, 5.41) is 8.96. The number of amides is 2. The Balaban J connectivity index is 1.48. The normalized spacial score (nSPS) is 20.0. The molecule has 2 N–H and O–H groups in total. The maximum absolute atomic E-state index is 12.5. The predicted molar refractivity (Wildman–Crippen MR) is 102 cm³/mol. The van der Waals surface area contributed by atoms with E-state index < -0.39 is 12.1 Å². The van der Waals surface area contributed by atoms with Crippen LogP contribution >= 0.6 is 11.3 Å². The lowest BCUT2D eigenvalue weighted by Crippen LogP contribution is -2.62. The molecule has 0 spiro atoms. The first kappa shape index (κ1) is 16.7. The highest BCUT2D eigenvalue weighted by Crippen LogP contribution is 2.27. The number of fused-ring (bicyclic) bond motifs is 1. The van der Waals surface area contributed by atoms with E-state index in [1.165, 1.54) is 4.70 Å². The maximum Gasteiger partial charge on any atom is 0.243 e. The van der Waals surface area contributed by atoms with Gasteiger partial charge in [-0.3, -0.25) is 14.6 Å². The highest BCUT2D eigenvalue weighted by molar-refractivity contribution is 7.17. The van der Waals surface area contributed by atoms with Gasteiger partial charge < -0.3 is 10.6 Å². The molecule has 5 nitrogen and oxygen atoms in total. The molecule has 0 aliphatic carbocycles. The van der Waals surface area contributed by atoms with Crippen LogP contribution in [0.5, 0.6) is 0 Å². The Morgan fingerprint density at radius 3 is 2.50 bits per heavy atom. The van der Waals surface area contributed by atoms with Crippen molar-refractivity contribution in [1.29, 1.82) is 0 Å². The van der Waals surface area contributed by atoms with Gasteiger partial charge >= 0.3 is 0 Å². The third kappa shape index (κ3) is 3.20. The number of pyridine rings is 1. The summed E-state index contributed by atoms with van der Waals surface area (Å²) < 4.78 is 1.19. The smallest absolute Gasteiger partial charge is 0.243 e. The Morgan fingerprint density at radius 1 is 1.00 bits per heavy atom. The molecule has 3 heterocycles. The predicted octanol–water partition coefficient (Wildman–Crippen LogP) is 2.37. The van der Waals surface area contributed by atoms with Gasteiger partial charge in [0.2, 0.25) is 11.8 Å². The molecule has 132 valence electrons. The monoisotopic (exact) mass is 365 g/mol. The average molecular weight is 365 g/mol. The Labute approximate surface area is 155 Å². The van der Waals surface area contributed by atoms with E-state index >= 15 is 0 Å². The fourth-order valence-corrected chi connectivity index (χ4v) is 4.28. The van der Waals surface area contributed by atoms with E-state index in [1.54, 1.807) is 17.5 Å². The number of aromatic nitrogens is 1. The molecular formula is C20H19N3O2S. The standard InChI is InChI=1S/C20H19N3O2S/c1-12-5-4-8-21-15(12)10-17-20(25)22-16(19(24)23-17)9-13-11-26-18-7-3-2-6-14(13)18/h2-8,11,16-17H,9-10H2,1H3,(H,22,25)(H,23,24). The zero-order chi connectivity index (χ0) is 18.1. The molecule has 2 atom stereocenters. The van der Waals surface area contributed by atoms with Crippen molar-refractivity contribution < 1.29 is 9.59 Å². The Morgan fingerprint density at radius 2 is 1.73 bits per heavy atom. The lowest BCUT2D eigenvalue weighted by atomic mass is 9.99. The van der Waals surface area contributed by atoms with E-state index in [0.29, 0.717) is 12.8 Å². The zero-order valence-electron chi connectivity index (χ0n) is 14.4. The number of carbonyl (C=O) groups excluding carboxylic acids is 2. The van der Waals surface area contributed by atoms with Crippen LogP contribution in [0.1, 0.15) is 16.8 Å². The van der Waals surface area contributed by atoms with Gasteiger partial charge in [-0.05, 0) is 40.9 Å². The average Bonchev–Trinajstić information content (AvgIpc) is 3.04. The van der Waals surface area contributed by atoms with E-state index in [0.717, 1.165) is 22.2 Å². The summed E-state index contributed by atoms with van der Waals surface area (Å²) in [4.78, 5) is 29.4. The van der Waals surface area contributed by atoms with Crippen LogP contribution in [0.25, 0.3) is 10.1 Å². The molecule has 4 rings (SSSR count). The summed E-state index contributed by atoms with van der Waals surface area (Å²) in [6.07, 6.45) is 2.60. The molecule has 1 fully saturated rings. The van der Waals surface area contributed by atoms with E-state index in [2.05, 4.69) is 33.1 Å². The molecule has 0 radical (unpaired) electrons. The van der Waals surface area contributed by atoms with Crippen LogP contribution in [-0.2, 0) is 22.4 Å². The van der Waals surface area contributed by atoms with Gasteiger partial charge in [-0.1, -0.05) is 24.3 Å². The van der Waals surface area contributed by atoms with Gasteiger partial charge in [0, 0.05) is 29.4 Å². The van der Waals surface area contributed by atoms with Crippen molar-refractivity contribution in [3.05, 3.63) is 64.8 Å². The number of nitrogens with zero attached hydrogens (tertiary/aromatic N) is 1. The van der Waals surface area contributed by atoms with Crippen LogP contribution < -0.4 is 10.6 Å². The second-order valence-electron chi connectivity index (χ2n) is 6.55. The molecule has 1 aliphatic rings. The molecule has 0 saturated carbocycles. The lowest BCUT2D eigenvalue weighted by molar-refractivity contribution is -0.136. The molecular weight excluding hydrogens is 346 g/mol. The van der Waals surface area contributed by atoms with Crippen LogP contribution in [0.3, 0.4) is 0 Å². The highest BCUT2D eigenvalue weighted by atomic mass is 32.1. The zero-order valence-corrected chi connectivity index (χ0v) is 15.2. The van der Waals surface area contributed by atoms with Crippen LogP contribution in [0, 0.1) is 6.92 Å². The molecule has 26 heavy (non-hydrogen) atoms. The van der Waals surface area contributed by atoms with Gasteiger partial charge in [-0.25, -0.2) is 0 Å². The summed E-state index contributed by atoms with van der Waals surface area (Å²) in [5.74, 6) is -0.294. The Hall–Kier alpha value is -2.73. The van der Waals surface area contributed by atoms with Crippen LogP contribution in [0.15, 0.2) is 48.0 Å². The fourth-order valence-electron chi connectivity index (χ4n) is 3.30. The van der Waals surface area contributed by atoms with Crippen molar-refractivity contribution in [3.63, 3.8) is 0 Å². The topological polar surface area (TPSA) is 71.1 Å². The SMILES string of the molecule is Cc1cccnc1CC1NC(=O)C(Cc2csc3ccccc23)NC1=O. The van der Waals surface area contributed by atoms with Crippen molar-refractivity contribution in [3.8, 4) is 0 Å². The summed E-state index contributed by atoms with van der Waals surface area (Å²) in [5.41, 5.74) is 2.93. The quantitative estimate of drug-likeness (QED) is 0.746. The van der Waals surface area contributed by atoms with Gasteiger partial charge in [-0.15, -0.1) is 11.3 Å². The summed E-state index contributed by atoms with van der Waals surface area (Å²) in [6, 6.07) is 10.8.